The molecular formula is C25H25Cl2N7O2. The monoisotopic (exact) mass is 525 g/mol. The van der Waals surface area contributed by atoms with Gasteiger partial charge in [0, 0.05) is 30.5 Å². The van der Waals surface area contributed by atoms with Gasteiger partial charge in [0.1, 0.15) is 5.49 Å². The summed E-state index contributed by atoms with van der Waals surface area (Å²) in [7, 11) is 0. The molecule has 0 spiro atoms. The summed E-state index contributed by atoms with van der Waals surface area (Å²) in [5.41, 5.74) is 2.82. The molecule has 1 aliphatic rings. The summed E-state index contributed by atoms with van der Waals surface area (Å²) < 4.78 is 1.11. The van der Waals surface area contributed by atoms with Crippen molar-refractivity contribution in [3.63, 3.8) is 0 Å². The van der Waals surface area contributed by atoms with E-state index in [-0.39, 0.29) is 39.0 Å². The Balaban J connectivity index is 1.49. The number of halogens is 2. The highest BCUT2D eigenvalue weighted by atomic mass is 35.5. The topological polar surface area (TPSA) is 123 Å². The molecule has 2 aromatic heterocycles. The zero-order valence-electron chi connectivity index (χ0n) is 19.8. The number of para-hydroxylation sites is 1. The Bertz CT molecular complexity index is 1580. The molecule has 11 heteroatoms. The zero-order valence-corrected chi connectivity index (χ0v) is 21.3. The van der Waals surface area contributed by atoms with E-state index in [4.69, 9.17) is 28.6 Å². The summed E-state index contributed by atoms with van der Waals surface area (Å²) in [5.74, 6) is 0.294. The van der Waals surface area contributed by atoms with Crippen LogP contribution in [-0.2, 0) is 12.0 Å². The molecule has 186 valence electrons. The van der Waals surface area contributed by atoms with Gasteiger partial charge < -0.3 is 10.4 Å². The molecule has 0 saturated heterocycles. The van der Waals surface area contributed by atoms with Crippen molar-refractivity contribution in [3.8, 4) is 5.69 Å². The van der Waals surface area contributed by atoms with E-state index in [0.717, 1.165) is 23.2 Å². The molecule has 0 atom stereocenters. The number of aliphatic hydroxyl groups excluding tert-OH is 1. The first kappa shape index (κ1) is 24.5. The standard InChI is InChI=1S/C25H25Cl2N7O2/c1-25(2)17-7-6-15(12-14(17)8-9-33(25)10-11-35)30-23-29-13-16-21(28)34(24(36)32-22(16)31-23)20-18(26)4-3-5-19(20)27/h3-7,12-13,28,35H,8-11H2,1-2H3,(H2,29,30,31,32,36). The molecule has 0 radical (unpaired) electrons. The quantitative estimate of drug-likeness (QED) is 0.315. The fourth-order valence-electron chi connectivity index (χ4n) is 4.83. The fraction of sp³-hybridized carbons (Fsp3) is 0.280. The molecule has 0 unspecified atom stereocenters. The van der Waals surface area contributed by atoms with Crippen LogP contribution in [0, 0.1) is 5.41 Å². The third-order valence-corrected chi connectivity index (χ3v) is 7.30. The Labute approximate surface area is 216 Å². The van der Waals surface area contributed by atoms with Crippen molar-refractivity contribution in [3.05, 3.63) is 79.7 Å². The number of aromatic amines is 1. The van der Waals surface area contributed by atoms with Gasteiger partial charge in [-0.3, -0.25) is 15.3 Å². The lowest BCUT2D eigenvalue weighted by Gasteiger charge is -2.43. The molecule has 3 heterocycles. The number of nitrogens with zero attached hydrogens (tertiary/aromatic N) is 4. The Morgan fingerprint density at radius 3 is 2.69 bits per heavy atom. The number of anilines is 2. The smallest absolute Gasteiger partial charge is 0.333 e. The molecule has 0 saturated carbocycles. The Kier molecular flexibility index (Phi) is 6.34. The number of fused-ring (bicyclic) bond motifs is 2. The van der Waals surface area contributed by atoms with Gasteiger partial charge in [0.15, 0.2) is 5.65 Å². The minimum absolute atomic E-state index is 0.126. The minimum Gasteiger partial charge on any atom is -0.395 e. The number of benzene rings is 2. The molecule has 9 nitrogen and oxygen atoms in total. The second kappa shape index (κ2) is 9.33. The molecule has 0 amide bonds. The van der Waals surface area contributed by atoms with Crippen LogP contribution in [0.25, 0.3) is 16.7 Å². The highest BCUT2D eigenvalue weighted by Crippen LogP contribution is 2.36. The van der Waals surface area contributed by atoms with E-state index in [9.17, 15) is 9.90 Å². The Morgan fingerprint density at radius 2 is 1.97 bits per heavy atom. The third kappa shape index (κ3) is 4.18. The van der Waals surface area contributed by atoms with Gasteiger partial charge in [-0.1, -0.05) is 35.3 Å². The largest absolute Gasteiger partial charge is 0.395 e. The zero-order chi connectivity index (χ0) is 25.6. The van der Waals surface area contributed by atoms with Crippen molar-refractivity contribution in [2.24, 2.45) is 0 Å². The molecular weight excluding hydrogens is 501 g/mol. The van der Waals surface area contributed by atoms with Gasteiger partial charge in [0.2, 0.25) is 5.95 Å². The number of β-amino-alcohol motifs (C(OH)–C–C–N with tert-alkyl or cyclic N) is 1. The lowest BCUT2D eigenvalue weighted by atomic mass is 9.83. The molecule has 4 N–H and O–H groups in total. The van der Waals surface area contributed by atoms with Crippen LogP contribution in [-0.4, -0.2) is 49.2 Å². The number of H-pyrrole nitrogens is 1. The van der Waals surface area contributed by atoms with Crippen molar-refractivity contribution in [1.29, 1.82) is 5.41 Å². The number of hydrogen-bond acceptors (Lipinski definition) is 7. The SMILES string of the molecule is CC1(C)c2ccc(Nc3ncc4c(=N)n(-c5c(Cl)cccc5Cl)c(=O)[nH]c4n3)cc2CCN1CCO. The van der Waals surface area contributed by atoms with Gasteiger partial charge in [-0.25, -0.2) is 14.3 Å². The van der Waals surface area contributed by atoms with Crippen molar-refractivity contribution < 1.29 is 5.11 Å². The third-order valence-electron chi connectivity index (χ3n) is 6.69. The van der Waals surface area contributed by atoms with Gasteiger partial charge >= 0.3 is 5.69 Å². The van der Waals surface area contributed by atoms with Crippen molar-refractivity contribution in [2.45, 2.75) is 25.8 Å². The number of hydrogen-bond donors (Lipinski definition) is 4. The Morgan fingerprint density at radius 1 is 1.22 bits per heavy atom. The first-order valence-corrected chi connectivity index (χ1v) is 12.2. The molecule has 4 aromatic rings. The van der Waals surface area contributed by atoms with Crippen LogP contribution in [0.15, 0.2) is 47.4 Å². The van der Waals surface area contributed by atoms with E-state index in [0.29, 0.717) is 17.9 Å². The lowest BCUT2D eigenvalue weighted by Crippen LogP contribution is -2.47. The summed E-state index contributed by atoms with van der Waals surface area (Å²) in [6.07, 6.45) is 2.35. The van der Waals surface area contributed by atoms with Crippen LogP contribution >= 0.6 is 23.2 Å². The summed E-state index contributed by atoms with van der Waals surface area (Å²) in [6.45, 7) is 5.95. The van der Waals surface area contributed by atoms with E-state index in [2.05, 4.69) is 51.1 Å². The average molecular weight is 526 g/mol. The van der Waals surface area contributed by atoms with E-state index in [1.54, 1.807) is 18.2 Å². The van der Waals surface area contributed by atoms with Crippen LogP contribution in [0.5, 0.6) is 0 Å². The van der Waals surface area contributed by atoms with Crippen molar-refractivity contribution in [1.82, 2.24) is 24.4 Å². The van der Waals surface area contributed by atoms with Gasteiger partial charge in [-0.05, 0) is 55.7 Å². The molecule has 0 bridgehead atoms. The first-order chi connectivity index (χ1) is 17.2. The number of aromatic nitrogens is 4. The van der Waals surface area contributed by atoms with E-state index >= 15 is 0 Å². The number of nitrogens with one attached hydrogen (secondary N) is 3. The second-order valence-corrected chi connectivity index (χ2v) is 9.97. The Hall–Kier alpha value is -3.24. The lowest BCUT2D eigenvalue weighted by molar-refractivity contribution is 0.0823. The summed E-state index contributed by atoms with van der Waals surface area (Å²) in [4.78, 5) is 26.7. The van der Waals surface area contributed by atoms with E-state index in [1.807, 2.05) is 6.07 Å². The number of aliphatic hydroxyl groups is 1. The summed E-state index contributed by atoms with van der Waals surface area (Å²) in [5, 5.41) is 22.0. The highest BCUT2D eigenvalue weighted by Gasteiger charge is 2.34. The number of rotatable bonds is 5. The van der Waals surface area contributed by atoms with E-state index < -0.39 is 5.69 Å². The van der Waals surface area contributed by atoms with Crippen LogP contribution in [0.4, 0.5) is 11.6 Å². The maximum Gasteiger partial charge on any atom is 0.333 e. The summed E-state index contributed by atoms with van der Waals surface area (Å²) >= 11 is 12.5. The van der Waals surface area contributed by atoms with E-state index in [1.165, 1.54) is 17.3 Å². The maximum atomic E-state index is 12.9. The summed E-state index contributed by atoms with van der Waals surface area (Å²) in [6, 6.07) is 11.0. The molecule has 5 rings (SSSR count). The molecule has 0 fully saturated rings. The molecule has 0 aliphatic carbocycles. The normalized spacial score (nSPS) is 15.1. The first-order valence-electron chi connectivity index (χ1n) is 11.5. The minimum atomic E-state index is -0.587. The predicted molar refractivity (Wildman–Crippen MR) is 140 cm³/mol. The average Bonchev–Trinajstić information content (AvgIpc) is 2.82. The van der Waals surface area contributed by atoms with Crippen LogP contribution < -0.4 is 16.5 Å². The molecule has 2 aromatic carbocycles. The fourth-order valence-corrected chi connectivity index (χ4v) is 5.39. The second-order valence-electron chi connectivity index (χ2n) is 9.16. The maximum absolute atomic E-state index is 12.9. The molecule has 1 aliphatic heterocycles. The highest BCUT2D eigenvalue weighted by molar-refractivity contribution is 6.37. The van der Waals surface area contributed by atoms with Gasteiger partial charge in [0.25, 0.3) is 0 Å². The van der Waals surface area contributed by atoms with Crippen molar-refractivity contribution >= 4 is 45.9 Å². The van der Waals surface area contributed by atoms with Gasteiger partial charge in [-0.15, -0.1) is 0 Å². The van der Waals surface area contributed by atoms with Crippen LogP contribution in [0.1, 0.15) is 25.0 Å². The van der Waals surface area contributed by atoms with Crippen LogP contribution in [0.2, 0.25) is 10.0 Å². The molecule has 36 heavy (non-hydrogen) atoms. The van der Waals surface area contributed by atoms with Crippen molar-refractivity contribution in [2.75, 3.05) is 25.0 Å². The van der Waals surface area contributed by atoms with Gasteiger partial charge in [0.05, 0.1) is 27.7 Å². The predicted octanol–water partition coefficient (Wildman–Crippen LogP) is 3.72. The van der Waals surface area contributed by atoms with Gasteiger partial charge in [-0.2, -0.15) is 4.98 Å². The van der Waals surface area contributed by atoms with Crippen LogP contribution in [0.3, 0.4) is 0 Å².